The maximum atomic E-state index is 13.8. The molecule has 31 heavy (non-hydrogen) atoms. The molecule has 1 saturated carbocycles. The Morgan fingerprint density at radius 3 is 2.29 bits per heavy atom. The fourth-order valence-corrected chi connectivity index (χ4v) is 4.92. The van der Waals surface area contributed by atoms with Crippen LogP contribution in [0.15, 0.2) is 18.5 Å². The van der Waals surface area contributed by atoms with E-state index in [1.165, 1.54) is 19.2 Å². The van der Waals surface area contributed by atoms with Crippen molar-refractivity contribution in [2.45, 2.75) is 52.0 Å². The number of amides is 2. The van der Waals surface area contributed by atoms with Gasteiger partial charge in [-0.25, -0.2) is 13.8 Å². The predicted octanol–water partition coefficient (Wildman–Crippen LogP) is 3.76. The van der Waals surface area contributed by atoms with Gasteiger partial charge in [-0.3, -0.25) is 9.59 Å². The zero-order chi connectivity index (χ0) is 22.1. The van der Waals surface area contributed by atoms with Crippen molar-refractivity contribution in [2.75, 3.05) is 26.2 Å². The monoisotopic (exact) mass is 432 g/mol. The van der Waals surface area contributed by atoms with Gasteiger partial charge in [-0.1, -0.05) is 26.7 Å². The minimum Gasteiger partial charge on any atom is -0.339 e. The summed E-state index contributed by atoms with van der Waals surface area (Å²) in [6.45, 7) is 5.88. The fourth-order valence-electron chi connectivity index (χ4n) is 4.92. The first-order valence-corrected chi connectivity index (χ1v) is 11.2. The van der Waals surface area contributed by atoms with Crippen molar-refractivity contribution in [2.24, 2.45) is 11.8 Å². The number of nitrogens with zero attached hydrogens (tertiary/aromatic N) is 4. The van der Waals surface area contributed by atoms with E-state index in [0.717, 1.165) is 25.0 Å². The summed E-state index contributed by atoms with van der Waals surface area (Å²) in [4.78, 5) is 33.8. The highest BCUT2D eigenvalue weighted by Crippen LogP contribution is 2.29. The van der Waals surface area contributed by atoms with Crippen LogP contribution in [0.4, 0.5) is 8.78 Å². The van der Waals surface area contributed by atoms with Crippen LogP contribution in [0.3, 0.4) is 0 Å². The molecule has 2 fully saturated rings. The normalized spacial score (nSPS) is 18.9. The molecule has 2 aliphatic rings. The number of carbonyl (C=O) groups excluding carboxylic acids is 2. The molecule has 0 bridgehead atoms. The maximum Gasteiger partial charge on any atom is 0.246 e. The Labute approximate surface area is 181 Å². The van der Waals surface area contributed by atoms with E-state index >= 15 is 0 Å². The van der Waals surface area contributed by atoms with Crippen molar-refractivity contribution < 1.29 is 18.4 Å². The van der Waals surface area contributed by atoms with Gasteiger partial charge in [0.2, 0.25) is 11.8 Å². The Bertz CT molecular complexity index is 960. The lowest BCUT2D eigenvalue weighted by Crippen LogP contribution is -2.52. The lowest BCUT2D eigenvalue weighted by Gasteiger charge is -2.37. The van der Waals surface area contributed by atoms with E-state index < -0.39 is 17.7 Å². The molecule has 6 nitrogen and oxygen atoms in total. The Morgan fingerprint density at radius 1 is 1.03 bits per heavy atom. The summed E-state index contributed by atoms with van der Waals surface area (Å²) in [5.74, 6) is -1.36. The Balaban J connectivity index is 1.45. The minimum absolute atomic E-state index is 0.0694. The summed E-state index contributed by atoms with van der Waals surface area (Å²) in [6, 6.07) is 1.58. The molecule has 2 aromatic rings. The van der Waals surface area contributed by atoms with Crippen LogP contribution in [0, 0.1) is 23.5 Å². The molecule has 0 N–H and O–H groups in total. The van der Waals surface area contributed by atoms with Gasteiger partial charge < -0.3 is 14.4 Å². The summed E-state index contributed by atoms with van der Waals surface area (Å²) in [5, 5.41) is 0. The largest absolute Gasteiger partial charge is 0.339 e. The van der Waals surface area contributed by atoms with Crippen molar-refractivity contribution in [3.05, 3.63) is 30.1 Å². The molecule has 1 atom stereocenters. The molecular formula is C23H30F2N4O2. The number of hydrogen-bond donors (Lipinski definition) is 0. The van der Waals surface area contributed by atoms with E-state index in [4.69, 9.17) is 0 Å². The summed E-state index contributed by atoms with van der Waals surface area (Å²) in [5.41, 5.74) is 0.719. The highest BCUT2D eigenvalue weighted by molar-refractivity contribution is 5.85. The molecule has 2 amide bonds. The van der Waals surface area contributed by atoms with Gasteiger partial charge in [0.15, 0.2) is 11.6 Å². The third-order valence-electron chi connectivity index (χ3n) is 6.68. The van der Waals surface area contributed by atoms with Gasteiger partial charge in [-0.2, -0.15) is 0 Å². The molecule has 0 spiro atoms. The second kappa shape index (κ2) is 8.93. The smallest absolute Gasteiger partial charge is 0.246 e. The van der Waals surface area contributed by atoms with Gasteiger partial charge in [-0.15, -0.1) is 0 Å². The number of piperazine rings is 1. The van der Waals surface area contributed by atoms with Gasteiger partial charge in [-0.05, 0) is 24.7 Å². The van der Waals surface area contributed by atoms with E-state index in [1.807, 2.05) is 18.7 Å². The first kappa shape index (κ1) is 21.7. The predicted molar refractivity (Wildman–Crippen MR) is 113 cm³/mol. The van der Waals surface area contributed by atoms with Crippen LogP contribution in [0.25, 0.3) is 11.0 Å². The molecule has 1 aromatic carbocycles. The average molecular weight is 433 g/mol. The minimum atomic E-state index is -0.960. The van der Waals surface area contributed by atoms with Gasteiger partial charge in [0, 0.05) is 44.7 Å². The van der Waals surface area contributed by atoms with Crippen molar-refractivity contribution in [1.29, 1.82) is 0 Å². The number of carbonyl (C=O) groups is 2. The molecule has 1 aliphatic carbocycles. The third kappa shape index (κ3) is 4.43. The molecule has 1 unspecified atom stereocenters. The van der Waals surface area contributed by atoms with Crippen LogP contribution < -0.4 is 0 Å². The second-order valence-electron chi connectivity index (χ2n) is 9.16. The molecular weight excluding hydrogens is 402 g/mol. The number of aromatic nitrogens is 2. The van der Waals surface area contributed by atoms with Crippen LogP contribution in [0.5, 0.6) is 0 Å². The van der Waals surface area contributed by atoms with Gasteiger partial charge in [0.1, 0.15) is 6.04 Å². The van der Waals surface area contributed by atoms with E-state index in [1.54, 1.807) is 9.47 Å². The third-order valence-corrected chi connectivity index (χ3v) is 6.68. The lowest BCUT2D eigenvalue weighted by atomic mass is 10.0. The number of rotatable bonds is 5. The summed E-state index contributed by atoms with van der Waals surface area (Å²) >= 11 is 0. The van der Waals surface area contributed by atoms with Crippen LogP contribution in [0.2, 0.25) is 0 Å². The number of benzene rings is 1. The highest BCUT2D eigenvalue weighted by Gasteiger charge is 2.33. The Kier molecular flexibility index (Phi) is 6.25. The zero-order valence-corrected chi connectivity index (χ0v) is 18.2. The van der Waals surface area contributed by atoms with E-state index in [2.05, 4.69) is 4.98 Å². The zero-order valence-electron chi connectivity index (χ0n) is 18.2. The first-order chi connectivity index (χ1) is 14.8. The Hall–Kier alpha value is -2.51. The molecule has 1 aliphatic heterocycles. The SMILES string of the molecule is CC(C)C(C(=O)N1CCN(C(=O)CC2CCCC2)CC1)n1cnc2cc(F)c(F)cc21. The number of halogens is 2. The molecule has 2 heterocycles. The van der Waals surface area contributed by atoms with E-state index in [9.17, 15) is 18.4 Å². The number of fused-ring (bicyclic) bond motifs is 1. The van der Waals surface area contributed by atoms with Crippen LogP contribution in [-0.4, -0.2) is 57.3 Å². The van der Waals surface area contributed by atoms with Gasteiger partial charge >= 0.3 is 0 Å². The number of hydrogen-bond acceptors (Lipinski definition) is 3. The molecule has 4 rings (SSSR count). The van der Waals surface area contributed by atoms with Crippen LogP contribution >= 0.6 is 0 Å². The maximum absolute atomic E-state index is 13.8. The first-order valence-electron chi connectivity index (χ1n) is 11.2. The highest BCUT2D eigenvalue weighted by atomic mass is 19.2. The lowest BCUT2D eigenvalue weighted by molar-refractivity contribution is -0.142. The molecule has 8 heteroatoms. The van der Waals surface area contributed by atoms with Crippen LogP contribution in [0.1, 0.15) is 52.0 Å². The topological polar surface area (TPSA) is 58.4 Å². The standard InChI is InChI=1S/C23H30F2N4O2/c1-15(2)22(29-14-26-19-12-17(24)18(25)13-20(19)29)23(31)28-9-7-27(8-10-28)21(30)11-16-5-3-4-6-16/h12-16,22H,3-11H2,1-2H3. The van der Waals surface area contributed by atoms with Crippen molar-refractivity contribution in [3.63, 3.8) is 0 Å². The summed E-state index contributed by atoms with van der Waals surface area (Å²) in [6.07, 6.45) is 6.82. The molecule has 1 aromatic heterocycles. The van der Waals surface area contributed by atoms with Gasteiger partial charge in [0.05, 0.1) is 17.4 Å². The van der Waals surface area contributed by atoms with Crippen molar-refractivity contribution >= 4 is 22.8 Å². The van der Waals surface area contributed by atoms with E-state index in [0.29, 0.717) is 49.6 Å². The summed E-state index contributed by atoms with van der Waals surface area (Å²) < 4.78 is 29.0. The fraction of sp³-hybridized carbons (Fsp3) is 0.609. The van der Waals surface area contributed by atoms with Gasteiger partial charge in [0.25, 0.3) is 0 Å². The molecule has 1 saturated heterocycles. The Morgan fingerprint density at radius 2 is 1.65 bits per heavy atom. The van der Waals surface area contributed by atoms with Crippen molar-refractivity contribution in [3.8, 4) is 0 Å². The van der Waals surface area contributed by atoms with Crippen LogP contribution in [-0.2, 0) is 9.59 Å². The average Bonchev–Trinajstić information content (AvgIpc) is 3.39. The quantitative estimate of drug-likeness (QED) is 0.723. The molecule has 0 radical (unpaired) electrons. The summed E-state index contributed by atoms with van der Waals surface area (Å²) in [7, 11) is 0. The second-order valence-corrected chi connectivity index (χ2v) is 9.16. The molecule has 168 valence electrons. The number of imidazole rings is 1. The van der Waals surface area contributed by atoms with E-state index in [-0.39, 0.29) is 17.7 Å². The van der Waals surface area contributed by atoms with Crippen molar-refractivity contribution in [1.82, 2.24) is 19.4 Å².